The first-order chi connectivity index (χ1) is 8.21. The zero-order chi connectivity index (χ0) is 12.7. The minimum Gasteiger partial charge on any atom is -0.478 e. The summed E-state index contributed by atoms with van der Waals surface area (Å²) in [6.45, 7) is 3.39. The average Bonchev–Trinajstić information content (AvgIpc) is 2.30. The molecule has 0 unspecified atom stereocenters. The van der Waals surface area contributed by atoms with Gasteiger partial charge in [0, 0.05) is 19.8 Å². The van der Waals surface area contributed by atoms with Crippen molar-refractivity contribution in [1.82, 2.24) is 0 Å². The van der Waals surface area contributed by atoms with Crippen LogP contribution in [0.25, 0.3) is 0 Å². The van der Waals surface area contributed by atoms with Crippen LogP contribution in [0.2, 0.25) is 0 Å². The van der Waals surface area contributed by atoms with Crippen molar-refractivity contribution in [2.24, 2.45) is 0 Å². The first-order valence-electron chi connectivity index (χ1n) is 5.53. The molecule has 0 aliphatic rings. The quantitative estimate of drug-likeness (QED) is 0.640. The highest BCUT2D eigenvalue weighted by atomic mass is 35.5. The van der Waals surface area contributed by atoms with Gasteiger partial charge in [-0.25, -0.2) is 0 Å². The minimum atomic E-state index is 0. The van der Waals surface area contributed by atoms with Crippen molar-refractivity contribution in [3.63, 3.8) is 0 Å². The third kappa shape index (κ3) is 5.04. The summed E-state index contributed by atoms with van der Waals surface area (Å²) >= 11 is 0. The summed E-state index contributed by atoms with van der Waals surface area (Å²) in [7, 11) is 3.30. The summed E-state index contributed by atoms with van der Waals surface area (Å²) in [5.41, 5.74) is 2.79. The minimum absolute atomic E-state index is 0. The van der Waals surface area contributed by atoms with Gasteiger partial charge in [-0.2, -0.15) is 0 Å². The molecule has 0 aromatic heterocycles. The normalized spacial score (nSPS) is 9.72. The Morgan fingerprint density at radius 3 is 1.94 bits per heavy atom. The van der Waals surface area contributed by atoms with Crippen LogP contribution >= 0.6 is 12.4 Å². The molecule has 1 aromatic rings. The highest BCUT2D eigenvalue weighted by Crippen LogP contribution is 2.13. The van der Waals surface area contributed by atoms with E-state index in [0.717, 1.165) is 16.7 Å². The lowest BCUT2D eigenvalue weighted by Crippen LogP contribution is -2.07. The average molecular weight is 274 g/mol. The molecule has 0 aliphatic carbocycles. The summed E-state index contributed by atoms with van der Waals surface area (Å²) in [6.07, 6.45) is 0. The van der Waals surface area contributed by atoms with Gasteiger partial charge in [0.05, 0.1) is 19.8 Å². The van der Waals surface area contributed by atoms with Crippen LogP contribution in [0.5, 0.6) is 0 Å². The van der Waals surface area contributed by atoms with Crippen molar-refractivity contribution in [3.05, 3.63) is 34.9 Å². The van der Waals surface area contributed by atoms with Crippen molar-refractivity contribution in [1.29, 1.82) is 5.41 Å². The number of methoxy groups -OCH3 is 2. The van der Waals surface area contributed by atoms with Gasteiger partial charge in [0.25, 0.3) is 0 Å². The van der Waals surface area contributed by atoms with E-state index in [9.17, 15) is 0 Å². The van der Waals surface area contributed by atoms with Crippen LogP contribution in [0.1, 0.15) is 23.6 Å². The molecule has 1 N–H and O–H groups in total. The third-order valence-electron chi connectivity index (χ3n) is 2.23. The number of hydrogen-bond acceptors (Lipinski definition) is 4. The van der Waals surface area contributed by atoms with Crippen molar-refractivity contribution in [2.45, 2.75) is 20.1 Å². The molecule has 0 amide bonds. The maximum atomic E-state index is 7.78. The fourth-order valence-electron chi connectivity index (χ4n) is 1.62. The van der Waals surface area contributed by atoms with Crippen LogP contribution in [0.4, 0.5) is 0 Å². The molecule has 0 saturated heterocycles. The summed E-state index contributed by atoms with van der Waals surface area (Å²) in [4.78, 5) is 0. The molecule has 4 nitrogen and oxygen atoms in total. The zero-order valence-electron chi connectivity index (χ0n) is 11.0. The smallest absolute Gasteiger partial charge is 0.213 e. The van der Waals surface area contributed by atoms with Crippen molar-refractivity contribution in [2.75, 3.05) is 20.8 Å². The predicted molar refractivity (Wildman–Crippen MR) is 73.6 cm³/mol. The molecule has 18 heavy (non-hydrogen) atoms. The van der Waals surface area contributed by atoms with Crippen molar-refractivity contribution >= 4 is 18.3 Å². The summed E-state index contributed by atoms with van der Waals surface area (Å²) in [5, 5.41) is 7.78. The molecule has 0 atom stereocenters. The van der Waals surface area contributed by atoms with Gasteiger partial charge >= 0.3 is 0 Å². The summed E-state index contributed by atoms with van der Waals surface area (Å²) < 4.78 is 15.4. The lowest BCUT2D eigenvalue weighted by molar-refractivity contribution is 0.180. The van der Waals surface area contributed by atoms with Crippen LogP contribution in [-0.2, 0) is 27.4 Å². The second-order valence-corrected chi connectivity index (χ2v) is 3.67. The van der Waals surface area contributed by atoms with Crippen molar-refractivity contribution in [3.8, 4) is 0 Å². The molecule has 0 aliphatic heterocycles. The number of ether oxygens (including phenoxy) is 3. The molecule has 1 rings (SSSR count). The van der Waals surface area contributed by atoms with Gasteiger partial charge in [0.15, 0.2) is 0 Å². The Kier molecular flexibility index (Phi) is 8.37. The van der Waals surface area contributed by atoms with E-state index in [0.29, 0.717) is 19.8 Å². The van der Waals surface area contributed by atoms with E-state index in [-0.39, 0.29) is 18.3 Å². The van der Waals surface area contributed by atoms with Crippen LogP contribution in [0.15, 0.2) is 18.2 Å². The van der Waals surface area contributed by atoms with E-state index in [1.165, 1.54) is 0 Å². The molecule has 102 valence electrons. The molecular formula is C13H20ClNO3. The standard InChI is InChI=1S/C13H19NO3.ClH/c1-4-17-13(14)12-6-10(8-15-2)5-11(7-12)9-16-3;/h5-7,14H,4,8-9H2,1-3H3;1H. The Hall–Kier alpha value is -1.10. The maximum absolute atomic E-state index is 7.78. The van der Waals surface area contributed by atoms with Crippen LogP contribution in [0, 0.1) is 5.41 Å². The largest absolute Gasteiger partial charge is 0.478 e. The number of hydrogen-bond donors (Lipinski definition) is 1. The van der Waals surface area contributed by atoms with Gasteiger partial charge in [-0.3, -0.25) is 5.41 Å². The molecule has 0 bridgehead atoms. The molecule has 5 heteroatoms. The van der Waals surface area contributed by atoms with Crippen LogP contribution in [0.3, 0.4) is 0 Å². The summed E-state index contributed by atoms with van der Waals surface area (Å²) in [5.74, 6) is 0.183. The van der Waals surface area contributed by atoms with E-state index in [1.807, 2.05) is 25.1 Å². The topological polar surface area (TPSA) is 51.5 Å². The molecular weight excluding hydrogens is 254 g/mol. The van der Waals surface area contributed by atoms with Crippen LogP contribution < -0.4 is 0 Å². The van der Waals surface area contributed by atoms with Gasteiger partial charge in [-0.1, -0.05) is 6.07 Å². The second-order valence-electron chi connectivity index (χ2n) is 3.67. The van der Waals surface area contributed by atoms with E-state index in [1.54, 1.807) is 14.2 Å². The molecule has 0 heterocycles. The monoisotopic (exact) mass is 273 g/mol. The predicted octanol–water partition coefficient (Wildman–Crippen LogP) is 2.76. The first kappa shape index (κ1) is 16.9. The number of halogens is 1. The fraction of sp³-hybridized carbons (Fsp3) is 0.462. The number of benzene rings is 1. The maximum Gasteiger partial charge on any atom is 0.213 e. The Labute approximate surface area is 114 Å². The molecule has 0 spiro atoms. The van der Waals surface area contributed by atoms with Crippen molar-refractivity contribution < 1.29 is 14.2 Å². The van der Waals surface area contributed by atoms with Gasteiger partial charge in [0.1, 0.15) is 0 Å². The fourth-order valence-corrected chi connectivity index (χ4v) is 1.62. The van der Waals surface area contributed by atoms with E-state index in [4.69, 9.17) is 19.6 Å². The summed E-state index contributed by atoms with van der Waals surface area (Å²) in [6, 6.07) is 5.82. The Balaban J connectivity index is 0.00000289. The Morgan fingerprint density at radius 2 is 1.56 bits per heavy atom. The molecule has 0 fully saturated rings. The first-order valence-corrected chi connectivity index (χ1v) is 5.53. The molecule has 1 aromatic carbocycles. The van der Waals surface area contributed by atoms with Gasteiger partial charge in [0.2, 0.25) is 5.90 Å². The van der Waals surface area contributed by atoms with Crippen LogP contribution in [-0.4, -0.2) is 26.7 Å². The van der Waals surface area contributed by atoms with Gasteiger partial charge in [-0.05, 0) is 30.2 Å². The van der Waals surface area contributed by atoms with Gasteiger partial charge in [-0.15, -0.1) is 12.4 Å². The number of nitrogens with one attached hydrogen (secondary N) is 1. The van der Waals surface area contributed by atoms with E-state index < -0.39 is 0 Å². The van der Waals surface area contributed by atoms with Gasteiger partial charge < -0.3 is 14.2 Å². The van der Waals surface area contributed by atoms with E-state index in [2.05, 4.69) is 0 Å². The highest BCUT2D eigenvalue weighted by molar-refractivity contribution is 5.92. The molecule has 0 saturated carbocycles. The third-order valence-corrected chi connectivity index (χ3v) is 2.23. The Bertz CT molecular complexity index is 358. The lowest BCUT2D eigenvalue weighted by atomic mass is 10.1. The molecule has 0 radical (unpaired) electrons. The zero-order valence-corrected chi connectivity index (χ0v) is 11.8. The number of rotatable bonds is 6. The SMILES string of the molecule is CCOC(=N)c1cc(COC)cc(COC)c1.Cl. The Morgan fingerprint density at radius 1 is 1.06 bits per heavy atom. The highest BCUT2D eigenvalue weighted by Gasteiger charge is 2.06. The second kappa shape index (κ2) is 8.91. The lowest BCUT2D eigenvalue weighted by Gasteiger charge is -2.10. The van der Waals surface area contributed by atoms with E-state index >= 15 is 0 Å².